The molecule has 0 saturated heterocycles. The number of hydrogen-bond donors (Lipinski definition) is 1. The predicted octanol–water partition coefficient (Wildman–Crippen LogP) is 3.30. The van der Waals surface area contributed by atoms with Crippen LogP contribution in [0.1, 0.15) is 53.4 Å². The molecule has 2 heteroatoms. The summed E-state index contributed by atoms with van der Waals surface area (Å²) >= 11 is 0. The summed E-state index contributed by atoms with van der Waals surface area (Å²) in [7, 11) is 0. The van der Waals surface area contributed by atoms with Crippen molar-refractivity contribution >= 4 is 0 Å². The third-order valence-corrected chi connectivity index (χ3v) is 4.53. The summed E-state index contributed by atoms with van der Waals surface area (Å²) in [5.74, 6) is 0.593. The fraction of sp³-hybridized carbons (Fsp3) is 0.867. The number of fused-ring (bicyclic) bond motifs is 1. The van der Waals surface area contributed by atoms with Gasteiger partial charge in [-0.3, -0.25) is 0 Å². The van der Waals surface area contributed by atoms with Gasteiger partial charge in [0.05, 0.1) is 17.8 Å². The Labute approximate surface area is 105 Å². The molecule has 4 atom stereocenters. The van der Waals surface area contributed by atoms with Crippen molar-refractivity contribution in [1.29, 1.82) is 0 Å². The number of hydrogen-bond acceptors (Lipinski definition) is 2. The van der Waals surface area contributed by atoms with Crippen molar-refractivity contribution in [1.82, 2.24) is 0 Å². The highest BCUT2D eigenvalue weighted by Crippen LogP contribution is 2.55. The van der Waals surface area contributed by atoms with Crippen molar-refractivity contribution in [3.63, 3.8) is 0 Å². The van der Waals surface area contributed by atoms with Crippen LogP contribution in [0.25, 0.3) is 0 Å². The van der Waals surface area contributed by atoms with Crippen molar-refractivity contribution in [2.75, 3.05) is 0 Å². The molecule has 0 radical (unpaired) electrons. The minimum absolute atomic E-state index is 0.0834. The molecule has 0 aromatic carbocycles. The van der Waals surface area contributed by atoms with Gasteiger partial charge in [-0.25, -0.2) is 0 Å². The normalized spacial score (nSPS) is 42.6. The van der Waals surface area contributed by atoms with Gasteiger partial charge in [-0.2, -0.15) is 0 Å². The van der Waals surface area contributed by atoms with Crippen molar-refractivity contribution in [3.05, 3.63) is 12.2 Å². The molecule has 0 aromatic heterocycles. The highest BCUT2D eigenvalue weighted by Gasteiger charge is 2.51. The lowest BCUT2D eigenvalue weighted by Gasteiger charge is -2.44. The van der Waals surface area contributed by atoms with E-state index in [1.165, 1.54) is 6.42 Å². The fourth-order valence-electron chi connectivity index (χ4n) is 3.58. The Bertz CT molecular complexity index is 315. The van der Waals surface area contributed by atoms with Gasteiger partial charge >= 0.3 is 0 Å². The molecule has 2 rings (SSSR count). The Morgan fingerprint density at radius 1 is 1.35 bits per heavy atom. The van der Waals surface area contributed by atoms with Crippen LogP contribution in [0.15, 0.2) is 12.2 Å². The first-order valence-electron chi connectivity index (χ1n) is 6.76. The van der Waals surface area contributed by atoms with E-state index in [4.69, 9.17) is 4.74 Å². The van der Waals surface area contributed by atoms with Crippen LogP contribution in [0.4, 0.5) is 0 Å². The van der Waals surface area contributed by atoms with Gasteiger partial charge < -0.3 is 9.84 Å². The average Bonchev–Trinajstić information content (AvgIpc) is 2.43. The van der Waals surface area contributed by atoms with E-state index >= 15 is 0 Å². The molecule has 98 valence electrons. The van der Waals surface area contributed by atoms with E-state index in [0.717, 1.165) is 24.8 Å². The van der Waals surface area contributed by atoms with Crippen molar-refractivity contribution in [2.45, 2.75) is 71.2 Å². The summed E-state index contributed by atoms with van der Waals surface area (Å²) in [5.41, 5.74) is 1.09. The summed E-state index contributed by atoms with van der Waals surface area (Å²) < 4.78 is 6.23. The molecule has 0 spiro atoms. The van der Waals surface area contributed by atoms with E-state index < -0.39 is 0 Å². The van der Waals surface area contributed by atoms with Crippen LogP contribution in [0.2, 0.25) is 0 Å². The summed E-state index contributed by atoms with van der Waals surface area (Å²) in [4.78, 5) is 0. The molecule has 0 aromatic rings. The third kappa shape index (κ3) is 2.43. The molecule has 0 unspecified atom stereocenters. The van der Waals surface area contributed by atoms with E-state index in [-0.39, 0.29) is 17.1 Å². The molecule has 0 bridgehead atoms. The van der Waals surface area contributed by atoms with Crippen LogP contribution in [-0.2, 0) is 4.74 Å². The third-order valence-electron chi connectivity index (χ3n) is 4.53. The lowest BCUT2D eigenvalue weighted by atomic mass is 9.66. The second-order valence-corrected chi connectivity index (χ2v) is 7.09. The SMILES string of the molecule is C=C1C[C@@]2(C)[C@@H](CC[C@@H]2OC(C)(C)C)C[C@H]1O. The maximum absolute atomic E-state index is 9.92. The highest BCUT2D eigenvalue weighted by atomic mass is 16.5. The van der Waals surface area contributed by atoms with Gasteiger partial charge in [0.1, 0.15) is 0 Å². The van der Waals surface area contributed by atoms with E-state index in [0.29, 0.717) is 12.0 Å². The molecule has 1 N–H and O–H groups in total. The van der Waals surface area contributed by atoms with E-state index in [1.807, 2.05) is 0 Å². The van der Waals surface area contributed by atoms with Gasteiger partial charge in [0.15, 0.2) is 0 Å². The average molecular weight is 238 g/mol. The number of aliphatic hydroxyl groups is 1. The molecular formula is C15H26O2. The molecule has 0 heterocycles. The monoisotopic (exact) mass is 238 g/mol. The minimum Gasteiger partial charge on any atom is -0.389 e. The molecule has 2 saturated carbocycles. The first kappa shape index (κ1) is 13.1. The Morgan fingerprint density at radius 2 is 2.00 bits per heavy atom. The maximum Gasteiger partial charge on any atom is 0.0750 e. The van der Waals surface area contributed by atoms with Crippen LogP contribution in [-0.4, -0.2) is 22.9 Å². The number of rotatable bonds is 1. The Kier molecular flexibility index (Phi) is 3.16. The molecular weight excluding hydrogens is 212 g/mol. The molecule has 0 aliphatic heterocycles. The minimum atomic E-state index is -0.290. The summed E-state index contributed by atoms with van der Waals surface area (Å²) in [5, 5.41) is 9.92. The number of ether oxygens (including phenoxy) is 1. The zero-order chi connectivity index (χ0) is 12.8. The van der Waals surface area contributed by atoms with Gasteiger partial charge in [0.2, 0.25) is 0 Å². The Morgan fingerprint density at radius 3 is 2.59 bits per heavy atom. The zero-order valence-electron chi connectivity index (χ0n) is 11.6. The topological polar surface area (TPSA) is 29.5 Å². The van der Waals surface area contributed by atoms with Crippen molar-refractivity contribution in [2.24, 2.45) is 11.3 Å². The molecule has 2 fully saturated rings. The van der Waals surface area contributed by atoms with Crippen molar-refractivity contribution in [3.8, 4) is 0 Å². The van der Waals surface area contributed by atoms with Crippen LogP contribution >= 0.6 is 0 Å². The Balaban J connectivity index is 2.15. The lowest BCUT2D eigenvalue weighted by molar-refractivity contribution is -0.116. The van der Waals surface area contributed by atoms with Crippen molar-refractivity contribution < 1.29 is 9.84 Å². The van der Waals surface area contributed by atoms with Gasteiger partial charge in [-0.05, 0) is 57.9 Å². The molecule has 0 amide bonds. The first-order valence-corrected chi connectivity index (χ1v) is 6.76. The highest BCUT2D eigenvalue weighted by molar-refractivity contribution is 5.16. The standard InChI is InChI=1S/C15H26O2/c1-10-9-15(5)11(8-12(10)16)6-7-13(15)17-14(2,3)4/h11-13,16H,1,6-9H2,2-5H3/t11-,12+,13-,15-/m0/s1. The van der Waals surface area contributed by atoms with Gasteiger partial charge in [-0.1, -0.05) is 13.5 Å². The molecule has 2 aliphatic rings. The summed E-state index contributed by atoms with van der Waals surface area (Å²) in [6.07, 6.45) is 4.12. The molecule has 2 nitrogen and oxygen atoms in total. The van der Waals surface area contributed by atoms with Crippen LogP contribution in [0, 0.1) is 11.3 Å². The van der Waals surface area contributed by atoms with E-state index in [9.17, 15) is 5.11 Å². The first-order chi connectivity index (χ1) is 7.72. The summed E-state index contributed by atoms with van der Waals surface area (Å²) in [6.45, 7) is 12.7. The second-order valence-electron chi connectivity index (χ2n) is 7.09. The molecule has 17 heavy (non-hydrogen) atoms. The Hall–Kier alpha value is -0.340. The van der Waals surface area contributed by atoms with E-state index in [1.54, 1.807) is 0 Å². The van der Waals surface area contributed by atoms with Crippen LogP contribution in [0.3, 0.4) is 0 Å². The lowest BCUT2D eigenvalue weighted by Crippen LogP contribution is -2.43. The quantitative estimate of drug-likeness (QED) is 0.710. The van der Waals surface area contributed by atoms with Gasteiger partial charge in [0, 0.05) is 5.41 Å². The summed E-state index contributed by atoms with van der Waals surface area (Å²) in [6, 6.07) is 0. The largest absolute Gasteiger partial charge is 0.389 e. The van der Waals surface area contributed by atoms with Crippen LogP contribution in [0.5, 0.6) is 0 Å². The molecule has 2 aliphatic carbocycles. The van der Waals surface area contributed by atoms with Gasteiger partial charge in [0.25, 0.3) is 0 Å². The zero-order valence-corrected chi connectivity index (χ0v) is 11.6. The second kappa shape index (κ2) is 4.10. The fourth-order valence-corrected chi connectivity index (χ4v) is 3.58. The number of aliphatic hydroxyl groups excluding tert-OH is 1. The van der Waals surface area contributed by atoms with E-state index in [2.05, 4.69) is 34.3 Å². The maximum atomic E-state index is 9.92. The van der Waals surface area contributed by atoms with Gasteiger partial charge in [-0.15, -0.1) is 0 Å². The predicted molar refractivity (Wildman–Crippen MR) is 69.8 cm³/mol. The van der Waals surface area contributed by atoms with Crippen LogP contribution < -0.4 is 0 Å². The smallest absolute Gasteiger partial charge is 0.0750 e.